The van der Waals surface area contributed by atoms with Gasteiger partial charge in [-0.2, -0.15) is 0 Å². The van der Waals surface area contributed by atoms with Crippen molar-refractivity contribution in [1.82, 2.24) is 0 Å². The van der Waals surface area contributed by atoms with Crippen LogP contribution in [0.25, 0.3) is 0 Å². The van der Waals surface area contributed by atoms with Crippen LogP contribution < -0.4 is 5.32 Å². The lowest BCUT2D eigenvalue weighted by atomic mass is 10.2. The van der Waals surface area contributed by atoms with E-state index >= 15 is 0 Å². The first-order valence-electron chi connectivity index (χ1n) is 4.74. The standard InChI is InChI=1S/C11H12INO3/c1-16-11(15)7-6-10(14)13-9-4-2-8(12)3-5-9/h2-5H,6-7H2,1H3,(H,13,14). The van der Waals surface area contributed by atoms with Crippen LogP contribution in [0.5, 0.6) is 0 Å². The molecule has 0 aliphatic rings. The molecule has 0 bridgehead atoms. The van der Waals surface area contributed by atoms with Crippen molar-refractivity contribution in [3.63, 3.8) is 0 Å². The minimum atomic E-state index is -0.377. The largest absolute Gasteiger partial charge is 0.469 e. The van der Waals surface area contributed by atoms with Crippen molar-refractivity contribution in [2.45, 2.75) is 12.8 Å². The van der Waals surface area contributed by atoms with E-state index in [1.165, 1.54) is 7.11 Å². The van der Waals surface area contributed by atoms with Gasteiger partial charge in [-0.3, -0.25) is 9.59 Å². The summed E-state index contributed by atoms with van der Waals surface area (Å²) in [5, 5.41) is 2.70. The van der Waals surface area contributed by atoms with Crippen molar-refractivity contribution in [3.8, 4) is 0 Å². The molecule has 5 heteroatoms. The summed E-state index contributed by atoms with van der Waals surface area (Å²) in [6.07, 6.45) is 0.241. The molecule has 0 saturated carbocycles. The highest BCUT2D eigenvalue weighted by Gasteiger charge is 2.06. The molecule has 1 aromatic carbocycles. The first kappa shape index (κ1) is 13.0. The van der Waals surface area contributed by atoms with E-state index in [2.05, 4.69) is 32.6 Å². The van der Waals surface area contributed by atoms with Gasteiger partial charge in [0, 0.05) is 15.7 Å². The average Bonchev–Trinajstić information content (AvgIpc) is 2.29. The van der Waals surface area contributed by atoms with Gasteiger partial charge in [0.25, 0.3) is 0 Å². The fraction of sp³-hybridized carbons (Fsp3) is 0.273. The van der Waals surface area contributed by atoms with Gasteiger partial charge in [0.2, 0.25) is 5.91 Å². The van der Waals surface area contributed by atoms with Crippen molar-refractivity contribution < 1.29 is 14.3 Å². The zero-order chi connectivity index (χ0) is 12.0. The van der Waals surface area contributed by atoms with Gasteiger partial charge in [-0.15, -0.1) is 0 Å². The molecule has 1 aromatic rings. The number of rotatable bonds is 4. The van der Waals surface area contributed by atoms with Gasteiger partial charge in [0.05, 0.1) is 13.5 Å². The van der Waals surface area contributed by atoms with E-state index in [9.17, 15) is 9.59 Å². The molecule has 0 fully saturated rings. The lowest BCUT2D eigenvalue weighted by molar-refractivity contribution is -0.141. The van der Waals surface area contributed by atoms with Crippen LogP contribution in [-0.2, 0) is 14.3 Å². The molecular formula is C11H12INO3. The molecule has 1 rings (SSSR count). The number of hydrogen-bond donors (Lipinski definition) is 1. The van der Waals surface area contributed by atoms with Crippen LogP contribution >= 0.6 is 22.6 Å². The van der Waals surface area contributed by atoms with E-state index in [0.717, 1.165) is 9.26 Å². The molecule has 0 aromatic heterocycles. The molecule has 0 unspecified atom stereocenters. The highest BCUT2D eigenvalue weighted by atomic mass is 127. The minimum absolute atomic E-state index is 0.104. The third-order valence-corrected chi connectivity index (χ3v) is 2.63. The summed E-state index contributed by atoms with van der Waals surface area (Å²) in [6, 6.07) is 7.43. The number of methoxy groups -OCH3 is 1. The monoisotopic (exact) mass is 333 g/mol. The number of carbonyl (C=O) groups is 2. The maximum atomic E-state index is 11.4. The molecule has 0 radical (unpaired) electrons. The number of carbonyl (C=O) groups excluding carboxylic acids is 2. The lowest BCUT2D eigenvalue weighted by Gasteiger charge is -2.04. The fourth-order valence-corrected chi connectivity index (χ4v) is 1.43. The topological polar surface area (TPSA) is 55.4 Å². The van der Waals surface area contributed by atoms with Gasteiger partial charge >= 0.3 is 5.97 Å². The second kappa shape index (κ2) is 6.47. The molecule has 0 heterocycles. The molecule has 1 N–H and O–H groups in total. The van der Waals surface area contributed by atoms with Gasteiger partial charge in [0.15, 0.2) is 0 Å². The van der Waals surface area contributed by atoms with Gasteiger partial charge in [-0.1, -0.05) is 0 Å². The molecule has 1 amide bonds. The summed E-state index contributed by atoms with van der Waals surface area (Å²) in [5.41, 5.74) is 0.732. The van der Waals surface area contributed by atoms with E-state index in [-0.39, 0.29) is 24.7 Å². The van der Waals surface area contributed by atoms with E-state index in [4.69, 9.17) is 0 Å². The Balaban J connectivity index is 2.40. The van der Waals surface area contributed by atoms with E-state index in [1.54, 1.807) is 0 Å². The molecule has 16 heavy (non-hydrogen) atoms. The number of anilines is 1. The van der Waals surface area contributed by atoms with Crippen molar-refractivity contribution in [2.24, 2.45) is 0 Å². The zero-order valence-electron chi connectivity index (χ0n) is 8.83. The van der Waals surface area contributed by atoms with E-state index in [1.807, 2.05) is 24.3 Å². The summed E-state index contributed by atoms with van der Waals surface area (Å²) in [5.74, 6) is -0.565. The van der Waals surface area contributed by atoms with Crippen LogP contribution in [0.4, 0.5) is 5.69 Å². The second-order valence-corrected chi connectivity index (χ2v) is 4.38. The molecule has 0 spiro atoms. The summed E-state index contributed by atoms with van der Waals surface area (Å²) >= 11 is 2.19. The highest BCUT2D eigenvalue weighted by molar-refractivity contribution is 14.1. The average molecular weight is 333 g/mol. The van der Waals surface area contributed by atoms with Crippen molar-refractivity contribution in [2.75, 3.05) is 12.4 Å². The number of nitrogens with one attached hydrogen (secondary N) is 1. The third-order valence-electron chi connectivity index (χ3n) is 1.91. The van der Waals surface area contributed by atoms with E-state index in [0.29, 0.717) is 0 Å². The van der Waals surface area contributed by atoms with Crippen molar-refractivity contribution >= 4 is 40.2 Å². The van der Waals surface area contributed by atoms with Crippen LogP contribution in [0.15, 0.2) is 24.3 Å². The summed E-state index contributed by atoms with van der Waals surface area (Å²) in [6.45, 7) is 0. The molecule has 0 aliphatic carbocycles. The second-order valence-electron chi connectivity index (χ2n) is 3.13. The van der Waals surface area contributed by atoms with E-state index < -0.39 is 0 Å². The summed E-state index contributed by atoms with van der Waals surface area (Å²) < 4.78 is 5.55. The predicted molar refractivity (Wildman–Crippen MR) is 69.0 cm³/mol. The highest BCUT2D eigenvalue weighted by Crippen LogP contribution is 2.11. The summed E-state index contributed by atoms with van der Waals surface area (Å²) in [7, 11) is 1.30. The fourth-order valence-electron chi connectivity index (χ4n) is 1.07. The van der Waals surface area contributed by atoms with Crippen LogP contribution in [0, 0.1) is 3.57 Å². The maximum absolute atomic E-state index is 11.4. The number of halogens is 1. The minimum Gasteiger partial charge on any atom is -0.469 e. The first-order chi connectivity index (χ1) is 7.61. The first-order valence-corrected chi connectivity index (χ1v) is 5.82. The van der Waals surface area contributed by atoms with Crippen LogP contribution in [0.1, 0.15) is 12.8 Å². The van der Waals surface area contributed by atoms with Crippen LogP contribution in [-0.4, -0.2) is 19.0 Å². The normalized spacial score (nSPS) is 9.62. The number of amides is 1. The number of hydrogen-bond acceptors (Lipinski definition) is 3. The molecule has 0 saturated heterocycles. The Hall–Kier alpha value is -1.11. The van der Waals surface area contributed by atoms with Gasteiger partial charge in [-0.05, 0) is 46.9 Å². The van der Waals surface area contributed by atoms with Gasteiger partial charge in [0.1, 0.15) is 0 Å². The maximum Gasteiger partial charge on any atom is 0.306 e. The third kappa shape index (κ3) is 4.61. The Morgan fingerprint density at radius 2 is 1.88 bits per heavy atom. The number of benzene rings is 1. The van der Waals surface area contributed by atoms with Crippen LogP contribution in [0.2, 0.25) is 0 Å². The quantitative estimate of drug-likeness (QED) is 0.679. The van der Waals surface area contributed by atoms with Gasteiger partial charge in [-0.25, -0.2) is 0 Å². The Morgan fingerprint density at radius 3 is 2.44 bits per heavy atom. The molecule has 0 atom stereocenters. The van der Waals surface area contributed by atoms with Crippen molar-refractivity contribution in [1.29, 1.82) is 0 Å². The number of esters is 1. The number of ether oxygens (including phenoxy) is 1. The summed E-state index contributed by atoms with van der Waals surface area (Å²) in [4.78, 5) is 22.2. The molecule has 0 aliphatic heterocycles. The molecule has 86 valence electrons. The Labute approximate surface area is 108 Å². The molecular weight excluding hydrogens is 321 g/mol. The van der Waals surface area contributed by atoms with Crippen molar-refractivity contribution in [3.05, 3.63) is 27.8 Å². The Kier molecular flexibility index (Phi) is 5.24. The Morgan fingerprint density at radius 1 is 1.25 bits per heavy atom. The lowest BCUT2D eigenvalue weighted by Crippen LogP contribution is -2.13. The predicted octanol–water partition coefficient (Wildman–Crippen LogP) is 2.18. The SMILES string of the molecule is COC(=O)CCC(=O)Nc1ccc(I)cc1. The van der Waals surface area contributed by atoms with Crippen LogP contribution in [0.3, 0.4) is 0 Å². The smallest absolute Gasteiger partial charge is 0.306 e. The Bertz CT molecular complexity index is 375. The molecule has 4 nitrogen and oxygen atoms in total. The zero-order valence-corrected chi connectivity index (χ0v) is 11.0. The van der Waals surface area contributed by atoms with Gasteiger partial charge < -0.3 is 10.1 Å².